The summed E-state index contributed by atoms with van der Waals surface area (Å²) >= 11 is 0. The second-order valence-corrected chi connectivity index (χ2v) is 6.28. The summed E-state index contributed by atoms with van der Waals surface area (Å²) in [6, 6.07) is 9.25. The van der Waals surface area contributed by atoms with Crippen molar-refractivity contribution < 1.29 is 9.90 Å². The van der Waals surface area contributed by atoms with E-state index in [1.807, 2.05) is 56.1 Å². The highest BCUT2D eigenvalue weighted by atomic mass is 16.3. The Morgan fingerprint density at radius 3 is 2.76 bits per heavy atom. The van der Waals surface area contributed by atoms with Gasteiger partial charge in [0.25, 0.3) is 5.91 Å². The molecule has 0 spiro atoms. The zero-order valence-electron chi connectivity index (χ0n) is 14.7. The lowest BCUT2D eigenvalue weighted by atomic mass is 10.0. The van der Waals surface area contributed by atoms with E-state index in [-0.39, 0.29) is 24.6 Å². The number of anilines is 1. The standard InChI is InChI=1S/C18H23N5O2/c1-12-16(13(2)23-18(22(12)3)19-11-20-23)17(25)21-15(10-24)9-14-7-5-4-6-8-14/h4-8,11,13,15,24H,9-10H2,1-3H3,(H,21,25)/t13-,15+/m1/s1. The van der Waals surface area contributed by atoms with Crippen LogP contribution < -0.4 is 10.2 Å². The number of aliphatic hydroxyl groups excluding tert-OH is 1. The number of fused-ring (bicyclic) bond motifs is 1. The molecule has 2 N–H and O–H groups in total. The van der Waals surface area contributed by atoms with Crippen LogP contribution in [0.1, 0.15) is 25.5 Å². The van der Waals surface area contributed by atoms with E-state index < -0.39 is 0 Å². The van der Waals surface area contributed by atoms with Gasteiger partial charge in [-0.05, 0) is 25.8 Å². The highest BCUT2D eigenvalue weighted by Crippen LogP contribution is 2.32. The Labute approximate surface area is 147 Å². The average molecular weight is 341 g/mol. The van der Waals surface area contributed by atoms with Gasteiger partial charge < -0.3 is 15.3 Å². The SMILES string of the molecule is CC1=C(C(=O)N[C@H](CO)Cc2ccccc2)[C@@H](C)n2ncnc2N1C. The number of nitrogens with zero attached hydrogens (tertiary/aromatic N) is 4. The number of hydrogen-bond donors (Lipinski definition) is 2. The summed E-state index contributed by atoms with van der Waals surface area (Å²) in [5.74, 6) is 0.525. The Morgan fingerprint density at radius 1 is 1.36 bits per heavy atom. The summed E-state index contributed by atoms with van der Waals surface area (Å²) in [6.45, 7) is 3.70. The molecule has 0 saturated carbocycles. The Balaban J connectivity index is 1.78. The van der Waals surface area contributed by atoms with Gasteiger partial charge in [0.15, 0.2) is 0 Å². The fraction of sp³-hybridized carbons (Fsp3) is 0.389. The largest absolute Gasteiger partial charge is 0.394 e. The molecule has 0 unspecified atom stereocenters. The number of nitrogens with one attached hydrogen (secondary N) is 1. The minimum Gasteiger partial charge on any atom is -0.394 e. The molecule has 0 fully saturated rings. The second kappa shape index (κ2) is 7.06. The van der Waals surface area contributed by atoms with Gasteiger partial charge in [-0.2, -0.15) is 10.1 Å². The van der Waals surface area contributed by atoms with Gasteiger partial charge in [0.1, 0.15) is 6.33 Å². The first-order valence-corrected chi connectivity index (χ1v) is 8.32. The van der Waals surface area contributed by atoms with Crippen molar-refractivity contribution in [2.24, 2.45) is 0 Å². The van der Waals surface area contributed by atoms with Crippen LogP contribution in [0.2, 0.25) is 0 Å². The van der Waals surface area contributed by atoms with Crippen molar-refractivity contribution in [1.82, 2.24) is 20.1 Å². The molecular formula is C18H23N5O2. The quantitative estimate of drug-likeness (QED) is 0.856. The van der Waals surface area contributed by atoms with Crippen LogP contribution in [0.25, 0.3) is 0 Å². The van der Waals surface area contributed by atoms with Crippen molar-refractivity contribution in [3.05, 3.63) is 53.5 Å². The van der Waals surface area contributed by atoms with E-state index in [1.165, 1.54) is 6.33 Å². The van der Waals surface area contributed by atoms with Crippen LogP contribution >= 0.6 is 0 Å². The summed E-state index contributed by atoms with van der Waals surface area (Å²) in [5.41, 5.74) is 2.54. The molecule has 1 amide bonds. The lowest BCUT2D eigenvalue weighted by molar-refractivity contribution is -0.119. The highest BCUT2D eigenvalue weighted by molar-refractivity contribution is 5.96. The predicted molar refractivity (Wildman–Crippen MR) is 95.0 cm³/mol. The third kappa shape index (κ3) is 3.28. The number of aliphatic hydroxyl groups is 1. The molecule has 132 valence electrons. The zero-order valence-corrected chi connectivity index (χ0v) is 14.7. The molecule has 3 rings (SSSR count). The molecule has 0 saturated heterocycles. The van der Waals surface area contributed by atoms with Crippen molar-refractivity contribution in [2.75, 3.05) is 18.6 Å². The lowest BCUT2D eigenvalue weighted by Gasteiger charge is -2.32. The predicted octanol–water partition coefficient (Wildman–Crippen LogP) is 1.28. The van der Waals surface area contributed by atoms with E-state index in [2.05, 4.69) is 15.4 Å². The number of benzene rings is 1. The van der Waals surface area contributed by atoms with E-state index in [0.29, 0.717) is 17.9 Å². The minimum atomic E-state index is -0.343. The molecule has 2 atom stereocenters. The van der Waals surface area contributed by atoms with Crippen LogP contribution in [-0.4, -0.2) is 45.5 Å². The first-order valence-electron chi connectivity index (χ1n) is 8.32. The smallest absolute Gasteiger partial charge is 0.251 e. The molecule has 0 radical (unpaired) electrons. The first-order chi connectivity index (χ1) is 12.0. The molecule has 0 bridgehead atoms. The molecule has 1 aromatic heterocycles. The molecule has 1 aliphatic rings. The van der Waals surface area contributed by atoms with Gasteiger partial charge in [-0.15, -0.1) is 0 Å². The number of carbonyl (C=O) groups excluding carboxylic acids is 1. The van der Waals surface area contributed by atoms with Crippen molar-refractivity contribution in [3.8, 4) is 0 Å². The monoisotopic (exact) mass is 341 g/mol. The molecule has 7 heteroatoms. The average Bonchev–Trinajstić information content (AvgIpc) is 3.10. The number of allylic oxidation sites excluding steroid dienone is 1. The Hall–Kier alpha value is -2.67. The number of hydrogen-bond acceptors (Lipinski definition) is 5. The maximum Gasteiger partial charge on any atom is 0.251 e. The highest BCUT2D eigenvalue weighted by Gasteiger charge is 2.32. The number of rotatable bonds is 5. The topological polar surface area (TPSA) is 83.3 Å². The van der Waals surface area contributed by atoms with Gasteiger partial charge in [0.2, 0.25) is 5.95 Å². The van der Waals surface area contributed by atoms with E-state index in [0.717, 1.165) is 11.3 Å². The fourth-order valence-electron chi connectivity index (χ4n) is 3.19. The third-order valence-electron chi connectivity index (χ3n) is 4.66. The molecular weight excluding hydrogens is 318 g/mol. The van der Waals surface area contributed by atoms with Gasteiger partial charge in [0, 0.05) is 12.7 Å². The van der Waals surface area contributed by atoms with Gasteiger partial charge in [0.05, 0.1) is 24.3 Å². The number of aromatic nitrogens is 3. The second-order valence-electron chi connectivity index (χ2n) is 6.28. The maximum absolute atomic E-state index is 12.9. The number of amides is 1. The van der Waals surface area contributed by atoms with Gasteiger partial charge >= 0.3 is 0 Å². The summed E-state index contributed by atoms with van der Waals surface area (Å²) in [4.78, 5) is 19.0. The van der Waals surface area contributed by atoms with Crippen LogP contribution in [0.4, 0.5) is 5.95 Å². The first kappa shape index (κ1) is 17.2. The van der Waals surface area contributed by atoms with Crippen LogP contribution in [0.5, 0.6) is 0 Å². The van der Waals surface area contributed by atoms with Crippen LogP contribution in [-0.2, 0) is 11.2 Å². The Kier molecular flexibility index (Phi) is 4.85. The summed E-state index contributed by atoms with van der Waals surface area (Å²) in [5, 5.41) is 16.9. The number of carbonyl (C=O) groups is 1. The molecule has 25 heavy (non-hydrogen) atoms. The third-order valence-corrected chi connectivity index (χ3v) is 4.66. The van der Waals surface area contributed by atoms with Crippen molar-refractivity contribution in [3.63, 3.8) is 0 Å². The van der Waals surface area contributed by atoms with Crippen LogP contribution in [0, 0.1) is 0 Å². The molecule has 1 aromatic carbocycles. The normalized spacial score (nSPS) is 18.1. The lowest BCUT2D eigenvalue weighted by Crippen LogP contribution is -2.43. The van der Waals surface area contributed by atoms with E-state index in [4.69, 9.17) is 0 Å². The van der Waals surface area contributed by atoms with Gasteiger partial charge in [-0.3, -0.25) is 4.79 Å². The van der Waals surface area contributed by atoms with Gasteiger partial charge in [-0.25, -0.2) is 4.68 Å². The molecule has 2 heterocycles. The van der Waals surface area contributed by atoms with E-state index >= 15 is 0 Å². The van der Waals surface area contributed by atoms with Crippen LogP contribution in [0.15, 0.2) is 47.9 Å². The molecule has 7 nitrogen and oxygen atoms in total. The van der Waals surface area contributed by atoms with Gasteiger partial charge in [-0.1, -0.05) is 30.3 Å². The summed E-state index contributed by atoms with van der Waals surface area (Å²) < 4.78 is 1.73. The Morgan fingerprint density at radius 2 is 2.08 bits per heavy atom. The van der Waals surface area contributed by atoms with E-state index in [1.54, 1.807) is 4.68 Å². The Bertz CT molecular complexity index is 784. The van der Waals surface area contributed by atoms with Crippen LogP contribution in [0.3, 0.4) is 0 Å². The zero-order chi connectivity index (χ0) is 18.0. The molecule has 0 aliphatic carbocycles. The molecule has 1 aliphatic heterocycles. The maximum atomic E-state index is 12.9. The van der Waals surface area contributed by atoms with E-state index in [9.17, 15) is 9.90 Å². The van der Waals surface area contributed by atoms with Crippen molar-refractivity contribution in [2.45, 2.75) is 32.4 Å². The fourth-order valence-corrected chi connectivity index (χ4v) is 3.19. The molecule has 2 aromatic rings. The minimum absolute atomic E-state index is 0.119. The van der Waals surface area contributed by atoms with Crippen molar-refractivity contribution >= 4 is 11.9 Å². The van der Waals surface area contributed by atoms with Crippen molar-refractivity contribution in [1.29, 1.82) is 0 Å². The summed E-state index contributed by atoms with van der Waals surface area (Å²) in [6.07, 6.45) is 2.07. The summed E-state index contributed by atoms with van der Waals surface area (Å²) in [7, 11) is 1.86.